The van der Waals surface area contributed by atoms with Gasteiger partial charge in [-0.1, -0.05) is 0 Å². The fourth-order valence-corrected chi connectivity index (χ4v) is 5.43. The Morgan fingerprint density at radius 3 is 2.78 bits per heavy atom. The number of rotatable bonds is 4. The minimum absolute atomic E-state index is 0.240. The SMILES string of the molecule is Cn1c(-c2ccc(F)cc2)nn(C[NH+]2CCc3sccc3[C@H]2C2CC2)c1=S. The smallest absolute Gasteiger partial charge is 0.202 e. The van der Waals surface area contributed by atoms with Crippen molar-refractivity contribution in [3.8, 4) is 11.4 Å². The second-order valence-electron chi connectivity index (χ2n) is 7.60. The van der Waals surface area contributed by atoms with Crippen molar-refractivity contribution in [3.05, 3.63) is 56.7 Å². The second-order valence-corrected chi connectivity index (χ2v) is 8.97. The molecule has 1 saturated carbocycles. The Morgan fingerprint density at radius 2 is 2.04 bits per heavy atom. The maximum absolute atomic E-state index is 13.3. The molecule has 7 heteroatoms. The number of benzene rings is 1. The number of aromatic nitrogens is 3. The molecule has 5 rings (SSSR count). The quantitative estimate of drug-likeness (QED) is 0.679. The van der Waals surface area contributed by atoms with Gasteiger partial charge in [-0.15, -0.1) is 16.4 Å². The molecule has 3 heterocycles. The van der Waals surface area contributed by atoms with Crippen LogP contribution in [0.5, 0.6) is 0 Å². The minimum Gasteiger partial charge on any atom is -0.310 e. The van der Waals surface area contributed by atoms with E-state index in [0.29, 0.717) is 10.8 Å². The molecule has 3 aromatic rings. The molecule has 1 aliphatic heterocycles. The molecule has 0 saturated heterocycles. The number of hydrogen-bond acceptors (Lipinski definition) is 3. The molecule has 2 aliphatic rings. The maximum atomic E-state index is 13.3. The van der Waals surface area contributed by atoms with E-state index in [-0.39, 0.29) is 5.82 Å². The van der Waals surface area contributed by atoms with Gasteiger partial charge in [0.25, 0.3) is 0 Å². The molecule has 1 aliphatic carbocycles. The number of hydrogen-bond donors (Lipinski definition) is 1. The lowest BCUT2D eigenvalue weighted by Gasteiger charge is -2.32. The fourth-order valence-electron chi connectivity index (χ4n) is 4.31. The molecule has 0 bridgehead atoms. The molecule has 1 aromatic carbocycles. The molecule has 4 nitrogen and oxygen atoms in total. The standard InChI is InChI=1S/C20H21FN4S2/c1-23-19(14-4-6-15(21)7-5-14)22-25(20(23)26)12-24-10-8-17-16(9-11-27-17)18(24)13-2-3-13/h4-7,9,11,13,18H,2-3,8,10,12H2,1H3/p+1/t18-/m1/s1. The first-order valence-electron chi connectivity index (χ1n) is 9.42. The lowest BCUT2D eigenvalue weighted by Crippen LogP contribution is -3.13. The summed E-state index contributed by atoms with van der Waals surface area (Å²) in [7, 11) is 1.94. The summed E-state index contributed by atoms with van der Waals surface area (Å²) < 4.78 is 17.9. The first-order chi connectivity index (χ1) is 13.1. The van der Waals surface area contributed by atoms with Crippen molar-refractivity contribution >= 4 is 23.6 Å². The highest BCUT2D eigenvalue weighted by Gasteiger charge is 2.43. The molecule has 1 unspecified atom stereocenters. The van der Waals surface area contributed by atoms with Crippen LogP contribution in [-0.2, 0) is 20.1 Å². The molecule has 2 aromatic heterocycles. The Balaban J connectivity index is 1.47. The topological polar surface area (TPSA) is 27.2 Å². The first-order valence-corrected chi connectivity index (χ1v) is 10.7. The van der Waals surface area contributed by atoms with Crippen LogP contribution in [0.1, 0.15) is 29.3 Å². The van der Waals surface area contributed by atoms with E-state index in [9.17, 15) is 4.39 Å². The van der Waals surface area contributed by atoms with Gasteiger partial charge >= 0.3 is 0 Å². The van der Waals surface area contributed by atoms with Crippen molar-refractivity contribution in [2.24, 2.45) is 13.0 Å². The van der Waals surface area contributed by atoms with Gasteiger partial charge in [-0.05, 0) is 60.8 Å². The zero-order valence-electron chi connectivity index (χ0n) is 15.2. The van der Waals surface area contributed by atoms with Gasteiger partial charge < -0.3 is 9.47 Å². The monoisotopic (exact) mass is 401 g/mol. The minimum atomic E-state index is -0.240. The highest BCUT2D eigenvalue weighted by atomic mass is 32.1. The Kier molecular flexibility index (Phi) is 4.26. The summed E-state index contributed by atoms with van der Waals surface area (Å²) in [5.74, 6) is 1.34. The first kappa shape index (κ1) is 17.3. The van der Waals surface area contributed by atoms with Gasteiger partial charge in [-0.3, -0.25) is 0 Å². The molecule has 140 valence electrons. The molecule has 27 heavy (non-hydrogen) atoms. The van der Waals surface area contributed by atoms with E-state index in [0.717, 1.165) is 36.9 Å². The summed E-state index contributed by atoms with van der Waals surface area (Å²) in [5.41, 5.74) is 2.43. The number of thiophene rings is 1. The summed E-state index contributed by atoms with van der Waals surface area (Å²) in [5, 5.41) is 7.03. The van der Waals surface area contributed by atoms with Crippen molar-refractivity contribution in [2.45, 2.75) is 32.0 Å². The van der Waals surface area contributed by atoms with Gasteiger partial charge in [-0.25, -0.2) is 4.39 Å². The van der Waals surface area contributed by atoms with Gasteiger partial charge in [0.05, 0.1) is 6.54 Å². The summed E-state index contributed by atoms with van der Waals surface area (Å²) in [4.78, 5) is 3.12. The molecule has 2 atom stereocenters. The third-order valence-corrected chi connectivity index (χ3v) is 7.30. The largest absolute Gasteiger partial charge is 0.310 e. The maximum Gasteiger partial charge on any atom is 0.202 e. The summed E-state index contributed by atoms with van der Waals surface area (Å²) in [6, 6.07) is 9.34. The van der Waals surface area contributed by atoms with E-state index in [1.165, 1.54) is 25.0 Å². The van der Waals surface area contributed by atoms with Gasteiger partial charge in [-0.2, -0.15) is 4.68 Å². The van der Waals surface area contributed by atoms with Crippen LogP contribution in [0.3, 0.4) is 0 Å². The van der Waals surface area contributed by atoms with Crippen LogP contribution in [0, 0.1) is 16.5 Å². The normalized spacial score (nSPS) is 22.0. The van der Waals surface area contributed by atoms with Crippen molar-refractivity contribution in [3.63, 3.8) is 0 Å². The third-order valence-electron chi connectivity index (χ3n) is 5.82. The van der Waals surface area contributed by atoms with Crippen LogP contribution in [0.2, 0.25) is 0 Å². The molecule has 1 N–H and O–H groups in total. The summed E-state index contributed by atoms with van der Waals surface area (Å²) >= 11 is 7.57. The number of quaternary nitrogens is 1. The molecular formula is C20H22FN4S2+. The molecular weight excluding hydrogens is 379 g/mol. The van der Waals surface area contributed by atoms with Crippen LogP contribution in [0.4, 0.5) is 4.39 Å². The Hall–Kier alpha value is -1.83. The average molecular weight is 402 g/mol. The zero-order chi connectivity index (χ0) is 18.5. The number of fused-ring (bicyclic) bond motifs is 1. The van der Waals surface area contributed by atoms with Gasteiger partial charge in [0.15, 0.2) is 12.5 Å². The molecule has 1 fully saturated rings. The van der Waals surface area contributed by atoms with E-state index < -0.39 is 0 Å². The van der Waals surface area contributed by atoms with Crippen molar-refractivity contribution in [2.75, 3.05) is 6.54 Å². The van der Waals surface area contributed by atoms with Gasteiger partial charge in [0.2, 0.25) is 4.77 Å². The van der Waals surface area contributed by atoms with Crippen molar-refractivity contribution < 1.29 is 9.29 Å². The van der Waals surface area contributed by atoms with E-state index >= 15 is 0 Å². The number of nitrogens with one attached hydrogen (secondary N) is 1. The fraction of sp³-hybridized carbons (Fsp3) is 0.400. The summed E-state index contributed by atoms with van der Waals surface area (Å²) in [6.07, 6.45) is 3.80. The average Bonchev–Trinajstić information content (AvgIpc) is 3.33. The predicted octanol–water partition coefficient (Wildman–Crippen LogP) is 3.37. The Morgan fingerprint density at radius 1 is 1.26 bits per heavy atom. The number of nitrogens with zero attached hydrogens (tertiary/aromatic N) is 3. The second kappa shape index (κ2) is 6.65. The molecule has 0 spiro atoms. The van der Waals surface area contributed by atoms with Crippen LogP contribution in [-0.4, -0.2) is 20.9 Å². The van der Waals surface area contributed by atoms with Crippen LogP contribution >= 0.6 is 23.6 Å². The summed E-state index contributed by atoms with van der Waals surface area (Å²) in [6.45, 7) is 1.91. The van der Waals surface area contributed by atoms with E-state index in [1.54, 1.807) is 27.5 Å². The van der Waals surface area contributed by atoms with Crippen LogP contribution in [0.25, 0.3) is 11.4 Å². The number of halogens is 1. The third kappa shape index (κ3) is 3.07. The van der Waals surface area contributed by atoms with Crippen LogP contribution < -0.4 is 4.90 Å². The van der Waals surface area contributed by atoms with Gasteiger partial charge in [0.1, 0.15) is 11.9 Å². The lowest BCUT2D eigenvalue weighted by atomic mass is 9.96. The Bertz CT molecular complexity index is 1030. The Labute approximate surface area is 166 Å². The molecule has 0 amide bonds. The predicted molar refractivity (Wildman–Crippen MR) is 107 cm³/mol. The van der Waals surface area contributed by atoms with Crippen molar-refractivity contribution in [1.29, 1.82) is 0 Å². The molecule has 0 radical (unpaired) electrons. The van der Waals surface area contributed by atoms with E-state index in [4.69, 9.17) is 17.3 Å². The highest BCUT2D eigenvalue weighted by Crippen LogP contribution is 2.42. The highest BCUT2D eigenvalue weighted by molar-refractivity contribution is 7.71. The van der Waals surface area contributed by atoms with E-state index in [2.05, 4.69) is 11.4 Å². The van der Waals surface area contributed by atoms with Gasteiger partial charge in [0, 0.05) is 35.4 Å². The van der Waals surface area contributed by atoms with E-state index in [1.807, 2.05) is 27.6 Å². The van der Waals surface area contributed by atoms with Crippen LogP contribution in [0.15, 0.2) is 35.7 Å². The lowest BCUT2D eigenvalue weighted by molar-refractivity contribution is -0.958. The zero-order valence-corrected chi connectivity index (χ0v) is 16.8. The van der Waals surface area contributed by atoms with Crippen molar-refractivity contribution in [1.82, 2.24) is 14.3 Å².